The van der Waals surface area contributed by atoms with Crippen molar-refractivity contribution in [3.8, 4) is 5.75 Å². The maximum Gasteiger partial charge on any atom is 0.122 e. The molecule has 0 bridgehead atoms. The van der Waals surface area contributed by atoms with Gasteiger partial charge in [0.1, 0.15) is 13.6 Å². The fraction of sp³-hybridized carbons (Fsp3) is 0.300. The maximum atomic E-state index is 5.89. The van der Waals surface area contributed by atoms with Crippen molar-refractivity contribution in [1.82, 2.24) is 0 Å². The Morgan fingerprint density at radius 3 is 2.71 bits per heavy atom. The first kappa shape index (κ1) is 10.6. The summed E-state index contributed by atoms with van der Waals surface area (Å²) in [4.78, 5) is 3.92. The molecule has 0 unspecified atom stereocenters. The van der Waals surface area contributed by atoms with E-state index in [1.54, 1.807) is 26.4 Å². The highest BCUT2D eigenvalue weighted by Gasteiger charge is 2.10. The van der Waals surface area contributed by atoms with Crippen molar-refractivity contribution in [3.63, 3.8) is 0 Å². The molecule has 0 amide bonds. The van der Waals surface area contributed by atoms with Gasteiger partial charge in [-0.2, -0.15) is 0 Å². The molecular weight excluding hydrogens is 175 g/mol. The van der Waals surface area contributed by atoms with Crippen molar-refractivity contribution in [1.29, 1.82) is 0 Å². The Hall–Kier alpha value is -1.45. The number of rotatable bonds is 2. The van der Waals surface area contributed by atoms with Crippen LogP contribution in [0.3, 0.4) is 0 Å². The van der Waals surface area contributed by atoms with Crippen LogP contribution < -0.4 is 15.9 Å². The zero-order chi connectivity index (χ0) is 10.7. The first-order valence-electron chi connectivity index (χ1n) is 4.26. The van der Waals surface area contributed by atoms with Gasteiger partial charge >= 0.3 is 0 Å². The molecular formula is C10H13BN2O. The summed E-state index contributed by atoms with van der Waals surface area (Å²) >= 11 is 0. The van der Waals surface area contributed by atoms with Crippen LogP contribution >= 0.6 is 0 Å². The Morgan fingerprint density at radius 2 is 2.21 bits per heavy atom. The third kappa shape index (κ3) is 1.74. The number of aliphatic imine (C=N–C) groups is 1. The van der Waals surface area contributed by atoms with E-state index in [-0.39, 0.29) is 0 Å². The number of hydrogen-bond donors (Lipinski definition) is 1. The third-order valence-electron chi connectivity index (χ3n) is 2.06. The Bertz CT molecular complexity index is 375. The van der Waals surface area contributed by atoms with Gasteiger partial charge in [-0.25, -0.2) is 0 Å². The number of aryl methyl sites for hydroxylation is 1. The van der Waals surface area contributed by atoms with Crippen molar-refractivity contribution >= 4 is 25.2 Å². The maximum absolute atomic E-state index is 5.89. The van der Waals surface area contributed by atoms with Crippen molar-refractivity contribution in [2.24, 2.45) is 4.99 Å². The molecule has 2 radical (unpaired) electrons. The van der Waals surface area contributed by atoms with Crippen LogP contribution in [-0.4, -0.2) is 28.2 Å². The number of anilines is 1. The van der Waals surface area contributed by atoms with Crippen LogP contribution in [0.25, 0.3) is 0 Å². The van der Waals surface area contributed by atoms with Gasteiger partial charge in [0.25, 0.3) is 0 Å². The lowest BCUT2D eigenvalue weighted by atomic mass is 9.89. The molecule has 3 nitrogen and oxygen atoms in total. The van der Waals surface area contributed by atoms with E-state index in [4.69, 9.17) is 18.3 Å². The van der Waals surface area contributed by atoms with E-state index < -0.39 is 0 Å². The first-order chi connectivity index (χ1) is 6.61. The van der Waals surface area contributed by atoms with Gasteiger partial charge in [0.05, 0.1) is 12.7 Å². The van der Waals surface area contributed by atoms with E-state index in [2.05, 4.69) is 4.99 Å². The van der Waals surface area contributed by atoms with Crippen LogP contribution in [0.15, 0.2) is 11.1 Å². The summed E-state index contributed by atoms with van der Waals surface area (Å²) in [6.07, 6.45) is 1.65. The molecule has 0 saturated carbocycles. The predicted octanol–water partition coefficient (Wildman–Crippen LogP) is 0.428. The largest absolute Gasteiger partial charge is 0.497 e. The molecule has 0 spiro atoms. The summed E-state index contributed by atoms with van der Waals surface area (Å²) in [6.45, 7) is 1.90. The zero-order valence-corrected chi connectivity index (χ0v) is 8.66. The minimum Gasteiger partial charge on any atom is -0.497 e. The van der Waals surface area contributed by atoms with Crippen molar-refractivity contribution < 1.29 is 4.74 Å². The standard InChI is InChI=1S/C10H13BN2O/c1-6-4-8(11)10(14-3)7(5-13-2)9(6)12/h4-5H,12H2,1-3H3. The Balaban J connectivity index is 3.47. The quantitative estimate of drug-likeness (QED) is 0.415. The second kappa shape index (κ2) is 4.18. The number of hydrogen-bond acceptors (Lipinski definition) is 3. The monoisotopic (exact) mass is 188 g/mol. The van der Waals surface area contributed by atoms with Gasteiger partial charge < -0.3 is 10.5 Å². The highest BCUT2D eigenvalue weighted by Crippen LogP contribution is 2.23. The highest BCUT2D eigenvalue weighted by atomic mass is 16.5. The molecule has 14 heavy (non-hydrogen) atoms. The van der Waals surface area contributed by atoms with Crippen molar-refractivity contribution in [2.75, 3.05) is 19.9 Å². The van der Waals surface area contributed by atoms with Crippen LogP contribution in [0.5, 0.6) is 5.75 Å². The lowest BCUT2D eigenvalue weighted by Crippen LogP contribution is -2.13. The van der Waals surface area contributed by atoms with E-state index in [9.17, 15) is 0 Å². The minimum absolute atomic E-state index is 0.578. The smallest absolute Gasteiger partial charge is 0.122 e. The normalized spacial score (nSPS) is 10.8. The Morgan fingerprint density at radius 1 is 1.57 bits per heavy atom. The van der Waals surface area contributed by atoms with E-state index >= 15 is 0 Å². The summed E-state index contributed by atoms with van der Waals surface area (Å²) < 4.78 is 5.17. The van der Waals surface area contributed by atoms with Gasteiger partial charge in [-0.05, 0) is 12.5 Å². The SMILES string of the molecule is [B]c1cc(C)c(N)c(C=NC)c1OC. The number of benzene rings is 1. The molecule has 0 saturated heterocycles. The molecule has 0 heterocycles. The second-order valence-electron chi connectivity index (χ2n) is 3.03. The van der Waals surface area contributed by atoms with Crippen molar-refractivity contribution in [2.45, 2.75) is 6.92 Å². The summed E-state index contributed by atoms with van der Waals surface area (Å²) in [6, 6.07) is 1.79. The third-order valence-corrected chi connectivity index (χ3v) is 2.06. The Kier molecular flexibility index (Phi) is 3.17. The Labute approximate surface area is 85.4 Å². The average molecular weight is 188 g/mol. The molecule has 0 aliphatic heterocycles. The van der Waals surface area contributed by atoms with Crippen LogP contribution in [0.1, 0.15) is 11.1 Å². The number of methoxy groups -OCH3 is 1. The van der Waals surface area contributed by atoms with Crippen LogP contribution in [0.2, 0.25) is 0 Å². The fourth-order valence-electron chi connectivity index (χ4n) is 1.35. The molecule has 0 aliphatic rings. The van der Waals surface area contributed by atoms with E-state index in [1.807, 2.05) is 6.92 Å². The number of nitrogens with zero attached hydrogens (tertiary/aromatic N) is 1. The van der Waals surface area contributed by atoms with Gasteiger partial charge in [-0.3, -0.25) is 4.99 Å². The lowest BCUT2D eigenvalue weighted by Gasteiger charge is -2.13. The average Bonchev–Trinajstić information content (AvgIpc) is 2.14. The zero-order valence-electron chi connectivity index (χ0n) is 8.66. The molecule has 1 rings (SSSR count). The summed E-state index contributed by atoms with van der Waals surface area (Å²) in [5.74, 6) is 0.582. The van der Waals surface area contributed by atoms with E-state index in [1.165, 1.54) is 0 Å². The number of nitrogens with two attached hydrogens (primary N) is 1. The molecule has 2 N–H and O–H groups in total. The molecule has 1 aromatic rings. The molecule has 1 aromatic carbocycles. The molecule has 4 heteroatoms. The van der Waals surface area contributed by atoms with Crippen molar-refractivity contribution in [3.05, 3.63) is 17.2 Å². The van der Waals surface area contributed by atoms with E-state index in [0.717, 1.165) is 11.1 Å². The van der Waals surface area contributed by atoms with Crippen LogP contribution in [0, 0.1) is 6.92 Å². The number of ether oxygens (including phenoxy) is 1. The van der Waals surface area contributed by atoms with Crippen LogP contribution in [-0.2, 0) is 0 Å². The van der Waals surface area contributed by atoms with Crippen LogP contribution in [0.4, 0.5) is 5.69 Å². The summed E-state index contributed by atoms with van der Waals surface area (Å²) in [7, 11) is 9.03. The highest BCUT2D eigenvalue weighted by molar-refractivity contribution is 6.35. The summed E-state index contributed by atoms with van der Waals surface area (Å²) in [5.41, 5.74) is 8.79. The summed E-state index contributed by atoms with van der Waals surface area (Å²) in [5, 5.41) is 0. The predicted molar refractivity (Wildman–Crippen MR) is 61.0 cm³/mol. The first-order valence-corrected chi connectivity index (χ1v) is 4.26. The topological polar surface area (TPSA) is 47.6 Å². The number of nitrogen functional groups attached to an aromatic ring is 1. The fourth-order valence-corrected chi connectivity index (χ4v) is 1.35. The molecule has 0 aliphatic carbocycles. The van der Waals surface area contributed by atoms with Gasteiger partial charge in [-0.15, -0.1) is 0 Å². The van der Waals surface area contributed by atoms with Gasteiger partial charge in [-0.1, -0.05) is 11.5 Å². The molecule has 72 valence electrons. The van der Waals surface area contributed by atoms with Gasteiger partial charge in [0.15, 0.2) is 0 Å². The molecule has 0 fully saturated rings. The minimum atomic E-state index is 0.578. The molecule has 0 aromatic heterocycles. The molecule has 0 atom stereocenters. The second-order valence-corrected chi connectivity index (χ2v) is 3.03. The van der Waals surface area contributed by atoms with E-state index in [0.29, 0.717) is 16.9 Å². The lowest BCUT2D eigenvalue weighted by molar-refractivity contribution is 0.418. The van der Waals surface area contributed by atoms with Gasteiger partial charge in [0.2, 0.25) is 0 Å². The van der Waals surface area contributed by atoms with Gasteiger partial charge in [0, 0.05) is 18.9 Å².